The number of epoxide rings is 1. The zero-order valence-electron chi connectivity index (χ0n) is 12.1. The van der Waals surface area contributed by atoms with Gasteiger partial charge in [-0.2, -0.15) is 5.26 Å². The molecular formula is C16H19NO4. The Hall–Kier alpha value is -2.06. The molecule has 0 spiro atoms. The molecule has 21 heavy (non-hydrogen) atoms. The summed E-state index contributed by atoms with van der Waals surface area (Å²) in [5.74, 6) is 0.556. The van der Waals surface area contributed by atoms with Crippen molar-refractivity contribution in [2.75, 3.05) is 19.8 Å². The molecule has 1 aromatic carbocycles. The van der Waals surface area contributed by atoms with Crippen molar-refractivity contribution in [1.29, 1.82) is 5.26 Å². The lowest BCUT2D eigenvalue weighted by Crippen LogP contribution is -2.19. The first-order chi connectivity index (χ1) is 10.2. The molecule has 0 N–H and O–H groups in total. The molecule has 5 heteroatoms. The van der Waals surface area contributed by atoms with Crippen LogP contribution in [0.5, 0.6) is 5.75 Å². The van der Waals surface area contributed by atoms with Gasteiger partial charge in [0, 0.05) is 6.42 Å². The molecule has 0 aromatic heterocycles. The van der Waals surface area contributed by atoms with Crippen molar-refractivity contribution in [3.8, 4) is 11.8 Å². The van der Waals surface area contributed by atoms with Gasteiger partial charge in [0.25, 0.3) is 0 Å². The largest absolute Gasteiger partial charge is 0.489 e. The smallest absolute Gasteiger partial charge is 0.305 e. The maximum atomic E-state index is 11.3. The Bertz CT molecular complexity index is 531. The summed E-state index contributed by atoms with van der Waals surface area (Å²) in [5, 5.41) is 8.90. The highest BCUT2D eigenvalue weighted by Crippen LogP contribution is 2.27. The van der Waals surface area contributed by atoms with Crippen molar-refractivity contribution in [1.82, 2.24) is 0 Å². The maximum Gasteiger partial charge on any atom is 0.305 e. The highest BCUT2D eigenvalue weighted by atomic mass is 16.6. The van der Waals surface area contributed by atoms with Crippen LogP contribution in [0.15, 0.2) is 24.3 Å². The van der Waals surface area contributed by atoms with Crippen LogP contribution in [0.3, 0.4) is 0 Å². The van der Waals surface area contributed by atoms with E-state index in [1.807, 2.05) is 24.3 Å². The van der Waals surface area contributed by atoms with Gasteiger partial charge in [0.1, 0.15) is 18.4 Å². The summed E-state index contributed by atoms with van der Waals surface area (Å²) in [6.45, 7) is 2.90. The molecule has 0 saturated carbocycles. The van der Waals surface area contributed by atoms with Crippen molar-refractivity contribution >= 4 is 5.97 Å². The van der Waals surface area contributed by atoms with E-state index in [2.05, 4.69) is 6.07 Å². The summed E-state index contributed by atoms with van der Waals surface area (Å²) in [6.07, 6.45) is 1.95. The standard InChI is InChI=1S/C16H19NO4/c1-2-19-15(18)8-4-6-13-5-3-7-14(9-13)20-11-16(10-17)12-21-16/h3,5,7,9H,2,4,6,8,11-12H2,1H3/t16-/m0/s1. The fourth-order valence-corrected chi connectivity index (χ4v) is 1.93. The van der Waals surface area contributed by atoms with Crippen molar-refractivity contribution in [2.45, 2.75) is 31.8 Å². The number of carbonyl (C=O) groups excluding carboxylic acids is 1. The van der Waals surface area contributed by atoms with Crippen molar-refractivity contribution in [3.05, 3.63) is 29.8 Å². The molecule has 1 fully saturated rings. The SMILES string of the molecule is CCOC(=O)CCCc1cccc(OC[C@@]2(C#N)CO2)c1. The molecular weight excluding hydrogens is 270 g/mol. The highest BCUT2D eigenvalue weighted by molar-refractivity contribution is 5.69. The molecule has 0 bridgehead atoms. The van der Waals surface area contributed by atoms with Crippen LogP contribution in [0.1, 0.15) is 25.3 Å². The number of hydrogen-bond donors (Lipinski definition) is 0. The van der Waals surface area contributed by atoms with Crippen LogP contribution < -0.4 is 4.74 Å². The van der Waals surface area contributed by atoms with Crippen LogP contribution in [0, 0.1) is 11.3 Å². The number of nitrogens with zero attached hydrogens (tertiary/aromatic N) is 1. The Morgan fingerprint density at radius 1 is 1.52 bits per heavy atom. The van der Waals surface area contributed by atoms with Crippen LogP contribution in [0.25, 0.3) is 0 Å². The first-order valence-electron chi connectivity index (χ1n) is 7.10. The van der Waals surface area contributed by atoms with Gasteiger partial charge in [-0.1, -0.05) is 12.1 Å². The molecule has 0 aliphatic carbocycles. The van der Waals surface area contributed by atoms with Gasteiger partial charge in [0.05, 0.1) is 13.2 Å². The first-order valence-corrected chi connectivity index (χ1v) is 7.10. The fourth-order valence-electron chi connectivity index (χ4n) is 1.93. The molecule has 1 aromatic rings. The Morgan fingerprint density at radius 2 is 2.33 bits per heavy atom. The van der Waals surface area contributed by atoms with E-state index in [1.54, 1.807) is 6.92 Å². The van der Waals surface area contributed by atoms with Crippen LogP contribution in [0.4, 0.5) is 0 Å². The summed E-state index contributed by atoms with van der Waals surface area (Å²) < 4.78 is 15.6. The minimum atomic E-state index is -0.750. The first kappa shape index (κ1) is 15.3. The summed E-state index contributed by atoms with van der Waals surface area (Å²) in [5.41, 5.74) is 0.347. The van der Waals surface area contributed by atoms with Gasteiger partial charge in [0.15, 0.2) is 0 Å². The van der Waals surface area contributed by atoms with Gasteiger partial charge in [0.2, 0.25) is 5.60 Å². The van der Waals surface area contributed by atoms with E-state index >= 15 is 0 Å². The number of aryl methyl sites for hydroxylation is 1. The zero-order valence-corrected chi connectivity index (χ0v) is 12.1. The summed E-state index contributed by atoms with van der Waals surface area (Å²) in [4.78, 5) is 11.3. The normalized spacial score (nSPS) is 19.6. The lowest BCUT2D eigenvalue weighted by molar-refractivity contribution is -0.143. The molecule has 0 radical (unpaired) electrons. The topological polar surface area (TPSA) is 71.8 Å². The summed E-state index contributed by atoms with van der Waals surface area (Å²) >= 11 is 0. The number of benzene rings is 1. The van der Waals surface area contributed by atoms with E-state index in [1.165, 1.54) is 0 Å². The van der Waals surface area contributed by atoms with Gasteiger partial charge < -0.3 is 14.2 Å². The molecule has 1 atom stereocenters. The minimum absolute atomic E-state index is 0.160. The average Bonchev–Trinajstić information content (AvgIpc) is 3.27. The Kier molecular flexibility index (Phi) is 5.18. The molecule has 2 rings (SSSR count). The molecule has 1 heterocycles. The third-order valence-corrected chi connectivity index (χ3v) is 3.22. The average molecular weight is 289 g/mol. The van der Waals surface area contributed by atoms with Crippen molar-refractivity contribution in [2.24, 2.45) is 0 Å². The molecule has 1 aliphatic heterocycles. The Morgan fingerprint density at radius 3 is 3.00 bits per heavy atom. The van der Waals surface area contributed by atoms with Gasteiger partial charge in [-0.05, 0) is 37.5 Å². The predicted molar refractivity (Wildman–Crippen MR) is 75.8 cm³/mol. The van der Waals surface area contributed by atoms with Crippen molar-refractivity contribution in [3.63, 3.8) is 0 Å². The van der Waals surface area contributed by atoms with Gasteiger partial charge in [-0.25, -0.2) is 0 Å². The number of ether oxygens (including phenoxy) is 3. The van der Waals surface area contributed by atoms with Crippen LogP contribution in [0.2, 0.25) is 0 Å². The molecule has 0 amide bonds. The molecule has 1 aliphatic rings. The third kappa shape index (κ3) is 4.76. The van der Waals surface area contributed by atoms with Crippen LogP contribution in [-0.2, 0) is 20.7 Å². The second-order valence-corrected chi connectivity index (χ2v) is 4.99. The van der Waals surface area contributed by atoms with Crippen LogP contribution >= 0.6 is 0 Å². The van der Waals surface area contributed by atoms with Gasteiger partial charge in [-0.15, -0.1) is 0 Å². The van der Waals surface area contributed by atoms with E-state index in [0.29, 0.717) is 25.4 Å². The molecule has 1 saturated heterocycles. The van der Waals surface area contributed by atoms with E-state index in [4.69, 9.17) is 19.5 Å². The summed E-state index contributed by atoms with van der Waals surface area (Å²) in [7, 11) is 0. The second-order valence-electron chi connectivity index (χ2n) is 4.99. The number of rotatable bonds is 8. The minimum Gasteiger partial charge on any atom is -0.489 e. The maximum absolute atomic E-state index is 11.3. The lowest BCUT2D eigenvalue weighted by Gasteiger charge is -2.09. The van der Waals surface area contributed by atoms with Crippen LogP contribution in [-0.4, -0.2) is 31.4 Å². The predicted octanol–water partition coefficient (Wildman–Crippen LogP) is 2.24. The number of carbonyl (C=O) groups is 1. The third-order valence-electron chi connectivity index (χ3n) is 3.22. The lowest BCUT2D eigenvalue weighted by atomic mass is 10.1. The monoisotopic (exact) mass is 289 g/mol. The number of nitriles is 1. The Labute approximate surface area is 124 Å². The van der Waals surface area contributed by atoms with E-state index in [-0.39, 0.29) is 12.6 Å². The van der Waals surface area contributed by atoms with Gasteiger partial charge >= 0.3 is 5.97 Å². The fraction of sp³-hybridized carbons (Fsp3) is 0.500. The van der Waals surface area contributed by atoms with E-state index in [0.717, 1.165) is 18.4 Å². The zero-order chi connectivity index (χ0) is 15.1. The molecule has 0 unspecified atom stereocenters. The van der Waals surface area contributed by atoms with Crippen molar-refractivity contribution < 1.29 is 19.0 Å². The second kappa shape index (κ2) is 7.09. The van der Waals surface area contributed by atoms with E-state index in [9.17, 15) is 4.79 Å². The number of hydrogen-bond acceptors (Lipinski definition) is 5. The summed E-state index contributed by atoms with van der Waals surface area (Å²) in [6, 6.07) is 9.77. The molecule has 112 valence electrons. The van der Waals surface area contributed by atoms with E-state index < -0.39 is 5.60 Å². The number of esters is 1. The van der Waals surface area contributed by atoms with Gasteiger partial charge in [-0.3, -0.25) is 4.79 Å². The quantitative estimate of drug-likeness (QED) is 0.542. The molecule has 5 nitrogen and oxygen atoms in total. The Balaban J connectivity index is 1.78. The highest BCUT2D eigenvalue weighted by Gasteiger charge is 2.46.